The highest BCUT2D eigenvalue weighted by Crippen LogP contribution is 2.17. The van der Waals surface area contributed by atoms with Crippen LogP contribution in [0.2, 0.25) is 0 Å². The summed E-state index contributed by atoms with van der Waals surface area (Å²) in [4.78, 5) is 1.08. The number of aliphatic hydroxyl groups is 1. The van der Waals surface area contributed by atoms with Crippen LogP contribution in [0.1, 0.15) is 0 Å². The Balaban J connectivity index is 2.05. The van der Waals surface area contributed by atoms with Gasteiger partial charge in [-0.3, -0.25) is 0 Å². The Hall–Kier alpha value is -1.00. The summed E-state index contributed by atoms with van der Waals surface area (Å²) in [5.74, 6) is 0. The topological polar surface area (TPSA) is 35.3 Å². The number of hydrogen-bond acceptors (Lipinski definition) is 2. The second-order valence-corrected chi connectivity index (χ2v) is 4.48. The Morgan fingerprint density at radius 2 is 1.87 bits per heavy atom. The zero-order chi connectivity index (χ0) is 10.5. The van der Waals surface area contributed by atoms with Crippen LogP contribution in [0, 0.1) is 0 Å². The van der Waals surface area contributed by atoms with E-state index in [9.17, 15) is 5.11 Å². The van der Waals surface area contributed by atoms with E-state index in [4.69, 9.17) is 0 Å². The number of nitrogens with one attached hydrogen (secondary N) is 1. The maximum atomic E-state index is 9.91. The zero-order valence-electron chi connectivity index (χ0n) is 8.52. The minimum Gasteiger partial charge on any atom is -0.455 e. The molecule has 1 saturated heterocycles. The lowest BCUT2D eigenvalue weighted by Gasteiger charge is -2.11. The summed E-state index contributed by atoms with van der Waals surface area (Å²) in [6, 6.07) is 9.94. The van der Waals surface area contributed by atoms with Crippen LogP contribution in [0.4, 0.5) is 0 Å². The summed E-state index contributed by atoms with van der Waals surface area (Å²) in [5, 5.41) is 13.6. The Bertz CT molecular complexity index is 343. The van der Waals surface area contributed by atoms with E-state index in [0.717, 1.165) is 31.1 Å². The van der Waals surface area contributed by atoms with Gasteiger partial charge in [-0.1, -0.05) is 18.2 Å². The summed E-state index contributed by atoms with van der Waals surface area (Å²) < 4.78 is 2.01. The second-order valence-electron chi connectivity index (χ2n) is 3.43. The maximum Gasteiger partial charge on any atom is 0.403 e. The van der Waals surface area contributed by atoms with Gasteiger partial charge >= 0.3 is 5.23 Å². The normalized spacial score (nSPS) is 16.4. The largest absolute Gasteiger partial charge is 0.455 e. The molecule has 1 aromatic carbocycles. The highest BCUT2D eigenvalue weighted by Gasteiger charge is 2.17. The zero-order valence-corrected chi connectivity index (χ0v) is 9.33. The number of rotatable bonds is 1. The van der Waals surface area contributed by atoms with Crippen molar-refractivity contribution in [3.63, 3.8) is 0 Å². The van der Waals surface area contributed by atoms with Gasteiger partial charge in [0.05, 0.1) is 13.1 Å². The molecule has 2 N–H and O–H groups in total. The molecule has 0 aliphatic carbocycles. The van der Waals surface area contributed by atoms with E-state index in [1.165, 1.54) is 11.8 Å². The summed E-state index contributed by atoms with van der Waals surface area (Å²) in [6.45, 7) is 3.65. The lowest BCUT2D eigenvalue weighted by Crippen LogP contribution is -2.40. The van der Waals surface area contributed by atoms with Crippen LogP contribution in [0.3, 0.4) is 0 Å². The minimum atomic E-state index is 0.405. The van der Waals surface area contributed by atoms with Gasteiger partial charge in [-0.15, -0.1) is 0 Å². The van der Waals surface area contributed by atoms with Gasteiger partial charge in [0.1, 0.15) is 0 Å². The van der Waals surface area contributed by atoms with Gasteiger partial charge < -0.3 is 10.4 Å². The van der Waals surface area contributed by atoms with Crippen molar-refractivity contribution in [2.75, 3.05) is 26.2 Å². The van der Waals surface area contributed by atoms with Gasteiger partial charge in [0.15, 0.2) is 13.1 Å². The molecule has 1 fully saturated rings. The lowest BCUT2D eigenvalue weighted by molar-refractivity contribution is -0.536. The molecule has 0 amide bonds. The van der Waals surface area contributed by atoms with E-state index in [1.807, 2.05) is 34.9 Å². The first-order valence-electron chi connectivity index (χ1n) is 5.11. The molecule has 0 aromatic heterocycles. The first-order chi connectivity index (χ1) is 7.36. The quantitative estimate of drug-likeness (QED) is 0.428. The first kappa shape index (κ1) is 10.5. The van der Waals surface area contributed by atoms with Gasteiger partial charge in [-0.05, 0) is 12.1 Å². The average molecular weight is 223 g/mol. The molecule has 0 spiro atoms. The Morgan fingerprint density at radius 3 is 2.53 bits per heavy atom. The van der Waals surface area contributed by atoms with Crippen LogP contribution in [-0.4, -0.2) is 41.1 Å². The van der Waals surface area contributed by atoms with E-state index < -0.39 is 0 Å². The summed E-state index contributed by atoms with van der Waals surface area (Å²) in [6.07, 6.45) is 0. The monoisotopic (exact) mass is 223 g/mol. The van der Waals surface area contributed by atoms with Crippen molar-refractivity contribution in [3.8, 4) is 0 Å². The van der Waals surface area contributed by atoms with E-state index in [2.05, 4.69) is 5.32 Å². The van der Waals surface area contributed by atoms with E-state index >= 15 is 0 Å². The summed E-state index contributed by atoms with van der Waals surface area (Å²) in [5.41, 5.74) is 0. The molecular weight excluding hydrogens is 208 g/mol. The van der Waals surface area contributed by atoms with E-state index in [1.54, 1.807) is 0 Å². The van der Waals surface area contributed by atoms with Crippen molar-refractivity contribution in [2.45, 2.75) is 4.90 Å². The molecule has 1 aliphatic rings. The third-order valence-corrected chi connectivity index (χ3v) is 3.29. The van der Waals surface area contributed by atoms with Crippen LogP contribution >= 0.6 is 11.8 Å². The molecule has 1 aliphatic heterocycles. The first-order valence-corrected chi connectivity index (χ1v) is 5.92. The molecule has 0 radical (unpaired) electrons. The number of thioether (sulfide) groups is 1. The minimum absolute atomic E-state index is 0.405. The fourth-order valence-electron chi connectivity index (χ4n) is 1.51. The lowest BCUT2D eigenvalue weighted by atomic mass is 10.4. The average Bonchev–Trinajstić information content (AvgIpc) is 2.31. The smallest absolute Gasteiger partial charge is 0.403 e. The molecule has 0 saturated carbocycles. The van der Waals surface area contributed by atoms with E-state index in [0.29, 0.717) is 5.23 Å². The molecule has 80 valence electrons. The van der Waals surface area contributed by atoms with Gasteiger partial charge in [-0.2, -0.15) is 4.58 Å². The van der Waals surface area contributed by atoms with Crippen LogP contribution < -0.4 is 5.32 Å². The van der Waals surface area contributed by atoms with Crippen molar-refractivity contribution in [2.24, 2.45) is 0 Å². The van der Waals surface area contributed by atoms with Crippen LogP contribution in [-0.2, 0) is 0 Å². The molecule has 1 aromatic rings. The van der Waals surface area contributed by atoms with Crippen LogP contribution in [0.25, 0.3) is 0 Å². The molecule has 0 bridgehead atoms. The number of nitrogens with zero attached hydrogens (tertiary/aromatic N) is 1. The van der Waals surface area contributed by atoms with Crippen LogP contribution in [0.15, 0.2) is 35.2 Å². The molecule has 0 unspecified atom stereocenters. The fraction of sp³-hybridized carbons (Fsp3) is 0.364. The molecular formula is C11H15N2OS+. The molecule has 1 heterocycles. The van der Waals surface area contributed by atoms with Gasteiger partial charge in [0, 0.05) is 16.7 Å². The van der Waals surface area contributed by atoms with Crippen molar-refractivity contribution < 1.29 is 9.68 Å². The van der Waals surface area contributed by atoms with Crippen molar-refractivity contribution in [3.05, 3.63) is 30.3 Å². The van der Waals surface area contributed by atoms with Crippen LogP contribution in [0.5, 0.6) is 0 Å². The highest BCUT2D eigenvalue weighted by molar-refractivity contribution is 8.13. The Morgan fingerprint density at radius 1 is 1.20 bits per heavy atom. The Labute approximate surface area is 93.8 Å². The molecule has 15 heavy (non-hydrogen) atoms. The summed E-state index contributed by atoms with van der Waals surface area (Å²) in [7, 11) is 0. The molecule has 0 atom stereocenters. The third kappa shape index (κ3) is 2.97. The van der Waals surface area contributed by atoms with Crippen molar-refractivity contribution in [1.29, 1.82) is 0 Å². The number of benzene rings is 1. The molecule has 4 heteroatoms. The second kappa shape index (κ2) is 5.19. The fourth-order valence-corrected chi connectivity index (χ4v) is 2.33. The Kier molecular flexibility index (Phi) is 3.64. The predicted octanol–water partition coefficient (Wildman–Crippen LogP) is 1.31. The third-order valence-electron chi connectivity index (χ3n) is 2.34. The predicted molar refractivity (Wildman–Crippen MR) is 62.8 cm³/mol. The maximum absolute atomic E-state index is 9.91. The van der Waals surface area contributed by atoms with Crippen molar-refractivity contribution in [1.82, 2.24) is 5.32 Å². The number of piperazine rings is 1. The van der Waals surface area contributed by atoms with E-state index in [-0.39, 0.29) is 0 Å². The number of hydrogen-bond donors (Lipinski definition) is 2. The number of aliphatic hydroxyl groups excluding tert-OH is 1. The van der Waals surface area contributed by atoms with Gasteiger partial charge in [0.2, 0.25) is 0 Å². The summed E-state index contributed by atoms with van der Waals surface area (Å²) >= 11 is 1.42. The van der Waals surface area contributed by atoms with Gasteiger partial charge in [-0.25, -0.2) is 0 Å². The SMILES string of the molecule is OC(Sc1ccccc1)=[N+]1CCNCC1. The highest BCUT2D eigenvalue weighted by atomic mass is 32.2. The van der Waals surface area contributed by atoms with Gasteiger partial charge in [0.25, 0.3) is 0 Å². The standard InChI is InChI=1S/C11H14N2OS/c14-11(13-8-6-12-7-9-13)15-10-4-2-1-3-5-10/h1-5,12H,6-9H2/p+1. The molecule has 2 rings (SSSR count). The molecule has 3 nitrogen and oxygen atoms in total. The van der Waals surface area contributed by atoms with Crippen molar-refractivity contribution >= 4 is 17.0 Å².